The van der Waals surface area contributed by atoms with Gasteiger partial charge in [-0.05, 0) is 80.1 Å². The molecule has 2 aromatic carbocycles. The molecule has 0 bridgehead atoms. The molecule has 3 fully saturated rings. The maximum atomic E-state index is 15.3. The van der Waals surface area contributed by atoms with Gasteiger partial charge in [0.25, 0.3) is 0 Å². The predicted molar refractivity (Wildman–Crippen MR) is 165 cm³/mol. The van der Waals surface area contributed by atoms with Gasteiger partial charge in [0.1, 0.15) is 17.3 Å². The molecule has 2 saturated carbocycles. The van der Waals surface area contributed by atoms with E-state index in [0.29, 0.717) is 61.2 Å². The third kappa shape index (κ3) is 8.51. The Balaban J connectivity index is 1.10. The first-order chi connectivity index (χ1) is 21.7. The normalized spacial score (nSPS) is 27.5. The van der Waals surface area contributed by atoms with Crippen molar-refractivity contribution in [2.75, 3.05) is 13.2 Å². The molecule has 0 amide bonds. The second-order valence-electron chi connectivity index (χ2n) is 13.0. The number of alkyl halides is 2. The van der Waals surface area contributed by atoms with Crippen LogP contribution in [-0.4, -0.2) is 24.5 Å². The lowest BCUT2D eigenvalue weighted by atomic mass is 9.74. The van der Waals surface area contributed by atoms with Gasteiger partial charge in [0, 0.05) is 23.6 Å². The van der Waals surface area contributed by atoms with Crippen LogP contribution in [0, 0.1) is 41.1 Å². The summed E-state index contributed by atoms with van der Waals surface area (Å²) in [6.45, 7) is 3.45. The van der Waals surface area contributed by atoms with Gasteiger partial charge in [-0.2, -0.15) is 13.8 Å². The first kappa shape index (κ1) is 34.0. The molecular formula is C35H42F5NO3S. The van der Waals surface area contributed by atoms with Gasteiger partial charge in [0.2, 0.25) is 0 Å². The van der Waals surface area contributed by atoms with Crippen molar-refractivity contribution in [3.05, 3.63) is 58.9 Å². The number of isothiocyanates is 1. The Morgan fingerprint density at radius 2 is 1.53 bits per heavy atom. The number of ether oxygens (including phenoxy) is 3. The van der Waals surface area contributed by atoms with E-state index in [1.165, 1.54) is 57.4 Å². The Kier molecular flexibility index (Phi) is 11.7. The first-order valence-corrected chi connectivity index (χ1v) is 16.8. The summed E-state index contributed by atoms with van der Waals surface area (Å²) in [7, 11) is 0. The highest BCUT2D eigenvalue weighted by atomic mass is 32.1. The number of hydrogen-bond acceptors (Lipinski definition) is 5. The molecule has 0 atom stereocenters. The van der Waals surface area contributed by atoms with Crippen LogP contribution in [0.15, 0.2) is 35.3 Å². The number of halogens is 5. The van der Waals surface area contributed by atoms with E-state index in [9.17, 15) is 17.6 Å². The molecule has 45 heavy (non-hydrogen) atoms. The van der Waals surface area contributed by atoms with Crippen LogP contribution in [0.3, 0.4) is 0 Å². The number of thiocarbonyl (C=S) groups is 1. The number of benzene rings is 2. The largest absolute Gasteiger partial charge is 0.432 e. The van der Waals surface area contributed by atoms with E-state index in [1.54, 1.807) is 12.1 Å². The molecule has 0 radical (unpaired) electrons. The highest BCUT2D eigenvalue weighted by Gasteiger charge is 2.44. The SMILES string of the molecule is CCCCCC1CCC(C2COC(c3ccc(C4CCC(C(F)(F)Oc5cc(F)c(N=C=S)c(F)c5)CC4)c(F)c3)OC2)CC1. The lowest BCUT2D eigenvalue weighted by Gasteiger charge is -2.38. The van der Waals surface area contributed by atoms with E-state index in [-0.39, 0.29) is 18.8 Å². The summed E-state index contributed by atoms with van der Waals surface area (Å²) in [4.78, 5) is 3.27. The second kappa shape index (κ2) is 15.5. The Labute approximate surface area is 267 Å². The molecule has 0 spiro atoms. The van der Waals surface area contributed by atoms with E-state index in [1.807, 2.05) is 5.16 Å². The molecule has 0 aromatic heterocycles. The number of aliphatic imine (C=N–C) groups is 1. The van der Waals surface area contributed by atoms with Gasteiger partial charge in [0.15, 0.2) is 17.9 Å². The third-order valence-corrected chi connectivity index (χ3v) is 10.1. The second-order valence-corrected chi connectivity index (χ2v) is 13.1. The Morgan fingerprint density at radius 1 is 0.867 bits per heavy atom. The number of unbranched alkanes of at least 4 members (excludes halogenated alkanes) is 2. The zero-order valence-corrected chi connectivity index (χ0v) is 26.5. The molecule has 0 unspecified atom stereocenters. The van der Waals surface area contributed by atoms with Gasteiger partial charge in [-0.1, -0.05) is 57.6 Å². The van der Waals surface area contributed by atoms with Crippen LogP contribution in [0.5, 0.6) is 5.75 Å². The predicted octanol–water partition coefficient (Wildman–Crippen LogP) is 10.8. The van der Waals surface area contributed by atoms with Crippen molar-refractivity contribution in [3.8, 4) is 5.75 Å². The molecule has 2 aromatic rings. The maximum Gasteiger partial charge on any atom is 0.400 e. The highest BCUT2D eigenvalue weighted by Crippen LogP contribution is 2.45. The smallest absolute Gasteiger partial charge is 0.400 e. The maximum absolute atomic E-state index is 15.3. The van der Waals surface area contributed by atoms with E-state index < -0.39 is 47.2 Å². The van der Waals surface area contributed by atoms with Crippen molar-refractivity contribution in [3.63, 3.8) is 0 Å². The molecule has 3 aliphatic rings. The molecule has 246 valence electrons. The first-order valence-electron chi connectivity index (χ1n) is 16.3. The van der Waals surface area contributed by atoms with Gasteiger partial charge >= 0.3 is 6.11 Å². The van der Waals surface area contributed by atoms with Gasteiger partial charge in [-0.3, -0.25) is 0 Å². The van der Waals surface area contributed by atoms with Crippen LogP contribution in [0.1, 0.15) is 107 Å². The zero-order chi connectivity index (χ0) is 32.0. The van der Waals surface area contributed by atoms with Gasteiger partial charge < -0.3 is 14.2 Å². The van der Waals surface area contributed by atoms with Crippen molar-refractivity contribution >= 4 is 23.1 Å². The van der Waals surface area contributed by atoms with Crippen LogP contribution in [0.2, 0.25) is 0 Å². The summed E-state index contributed by atoms with van der Waals surface area (Å²) in [5, 5.41) is 1.85. The van der Waals surface area contributed by atoms with Crippen molar-refractivity contribution in [2.24, 2.45) is 28.7 Å². The van der Waals surface area contributed by atoms with Gasteiger partial charge in [-0.25, -0.2) is 13.2 Å². The summed E-state index contributed by atoms with van der Waals surface area (Å²) in [5.41, 5.74) is 0.375. The lowest BCUT2D eigenvalue weighted by molar-refractivity contribution is -0.222. The lowest BCUT2D eigenvalue weighted by Crippen LogP contribution is -2.37. The minimum Gasteiger partial charge on any atom is -0.432 e. The number of hydrogen-bond donors (Lipinski definition) is 0. The Bertz CT molecular complexity index is 1310. The van der Waals surface area contributed by atoms with E-state index in [2.05, 4.69) is 24.1 Å². The molecular weight excluding hydrogens is 609 g/mol. The average molecular weight is 652 g/mol. The third-order valence-electron chi connectivity index (χ3n) is 10.0. The monoisotopic (exact) mass is 651 g/mol. The summed E-state index contributed by atoms with van der Waals surface area (Å²) in [5.74, 6) is -3.01. The molecule has 1 aliphatic heterocycles. The van der Waals surface area contributed by atoms with Crippen LogP contribution < -0.4 is 4.74 Å². The fraction of sp³-hybridized carbons (Fsp3) is 0.629. The van der Waals surface area contributed by atoms with Crippen LogP contribution >= 0.6 is 12.2 Å². The Hall–Kier alpha value is -2.39. The zero-order valence-electron chi connectivity index (χ0n) is 25.7. The summed E-state index contributed by atoms with van der Waals surface area (Å²) in [6, 6.07) is 6.23. The van der Waals surface area contributed by atoms with Crippen molar-refractivity contribution in [1.29, 1.82) is 0 Å². The quantitative estimate of drug-likeness (QED) is 0.105. The standard InChI is InChI=1S/C35H42F5NO3S/c1-2-3-4-5-22-6-8-23(9-7-22)26-19-42-34(43-20-26)25-12-15-29(30(36)16-25)24-10-13-27(14-11-24)35(39,40)44-28-17-31(37)33(41-21-45)32(38)18-28/h12,15-18,22-24,26-27,34H,2-11,13-14,19-20H2,1H3. The molecule has 1 heterocycles. The average Bonchev–Trinajstić information content (AvgIpc) is 3.03. The molecule has 2 aliphatic carbocycles. The minimum atomic E-state index is -3.66. The van der Waals surface area contributed by atoms with Crippen LogP contribution in [0.25, 0.3) is 0 Å². The topological polar surface area (TPSA) is 40.0 Å². The Morgan fingerprint density at radius 3 is 2.13 bits per heavy atom. The fourth-order valence-electron chi connectivity index (χ4n) is 7.37. The highest BCUT2D eigenvalue weighted by molar-refractivity contribution is 7.78. The number of rotatable bonds is 11. The minimum absolute atomic E-state index is 0.0635. The van der Waals surface area contributed by atoms with Crippen molar-refractivity contribution < 1.29 is 36.2 Å². The van der Waals surface area contributed by atoms with Crippen LogP contribution in [0.4, 0.5) is 27.6 Å². The molecule has 10 heteroatoms. The van der Waals surface area contributed by atoms with E-state index >= 15 is 4.39 Å². The summed E-state index contributed by atoms with van der Waals surface area (Å²) >= 11 is 4.35. The number of nitrogens with zero attached hydrogens (tertiary/aromatic N) is 1. The van der Waals surface area contributed by atoms with Gasteiger partial charge in [-0.15, -0.1) is 0 Å². The van der Waals surface area contributed by atoms with E-state index in [0.717, 1.165) is 5.92 Å². The molecule has 0 N–H and O–H groups in total. The summed E-state index contributed by atoms with van der Waals surface area (Å²) in [6.07, 6.45) is 6.76. The fourth-order valence-corrected chi connectivity index (χ4v) is 7.46. The van der Waals surface area contributed by atoms with Crippen molar-refractivity contribution in [2.45, 2.75) is 102 Å². The van der Waals surface area contributed by atoms with Crippen LogP contribution in [-0.2, 0) is 9.47 Å². The molecule has 1 saturated heterocycles. The molecule has 4 nitrogen and oxygen atoms in total. The van der Waals surface area contributed by atoms with Gasteiger partial charge in [0.05, 0.1) is 24.3 Å². The van der Waals surface area contributed by atoms with Crippen molar-refractivity contribution in [1.82, 2.24) is 0 Å². The molecule has 5 rings (SSSR count). The summed E-state index contributed by atoms with van der Waals surface area (Å²) < 4.78 is 90.3. The van der Waals surface area contributed by atoms with E-state index in [4.69, 9.17) is 14.2 Å².